The highest BCUT2D eigenvalue weighted by atomic mass is 35.5. The lowest BCUT2D eigenvalue weighted by Crippen LogP contribution is -1.94. The van der Waals surface area contributed by atoms with Crippen LogP contribution >= 0.6 is 11.6 Å². The number of benzene rings is 1. The standard InChI is InChI=1S/C13H11ClFNO2/c1-8-4-9(7-17)5-13(16-8)18-12-3-2-10(15)6-11(12)14/h2-6,17H,7H2,1H3. The molecule has 1 aromatic heterocycles. The molecule has 1 N–H and O–H groups in total. The zero-order valence-electron chi connectivity index (χ0n) is 9.65. The van der Waals surface area contributed by atoms with Gasteiger partial charge in [0, 0.05) is 11.8 Å². The highest BCUT2D eigenvalue weighted by Crippen LogP contribution is 2.29. The largest absolute Gasteiger partial charge is 0.437 e. The van der Waals surface area contributed by atoms with Gasteiger partial charge in [0.1, 0.15) is 11.6 Å². The molecule has 0 saturated carbocycles. The fourth-order valence-corrected chi connectivity index (χ4v) is 1.73. The van der Waals surface area contributed by atoms with Gasteiger partial charge in [-0.15, -0.1) is 0 Å². The van der Waals surface area contributed by atoms with Gasteiger partial charge in [-0.3, -0.25) is 0 Å². The number of aromatic nitrogens is 1. The number of hydrogen-bond acceptors (Lipinski definition) is 3. The summed E-state index contributed by atoms with van der Waals surface area (Å²) >= 11 is 5.85. The molecule has 0 radical (unpaired) electrons. The number of aryl methyl sites for hydroxylation is 1. The Bertz CT molecular complexity index is 575. The van der Waals surface area contributed by atoms with Crippen LogP contribution in [0.2, 0.25) is 5.02 Å². The third-order valence-electron chi connectivity index (χ3n) is 2.28. The Balaban J connectivity index is 2.30. The van der Waals surface area contributed by atoms with Crippen LogP contribution in [0, 0.1) is 12.7 Å². The summed E-state index contributed by atoms with van der Waals surface area (Å²) in [7, 11) is 0. The van der Waals surface area contributed by atoms with Gasteiger partial charge in [0.2, 0.25) is 5.88 Å². The Labute approximate surface area is 109 Å². The molecule has 18 heavy (non-hydrogen) atoms. The van der Waals surface area contributed by atoms with E-state index < -0.39 is 5.82 Å². The van der Waals surface area contributed by atoms with Gasteiger partial charge in [-0.05, 0) is 36.8 Å². The van der Waals surface area contributed by atoms with Crippen LogP contribution in [0.4, 0.5) is 4.39 Å². The fourth-order valence-electron chi connectivity index (χ4n) is 1.52. The first-order valence-electron chi connectivity index (χ1n) is 5.30. The summed E-state index contributed by atoms with van der Waals surface area (Å²) in [6.07, 6.45) is 0. The molecule has 5 heteroatoms. The minimum Gasteiger partial charge on any atom is -0.437 e. The molecule has 0 amide bonds. The number of ether oxygens (including phenoxy) is 1. The molecule has 0 aliphatic heterocycles. The highest BCUT2D eigenvalue weighted by molar-refractivity contribution is 6.32. The Morgan fingerprint density at radius 3 is 2.78 bits per heavy atom. The molecule has 0 aliphatic carbocycles. The van der Waals surface area contributed by atoms with Gasteiger partial charge in [0.25, 0.3) is 0 Å². The first kappa shape index (κ1) is 12.8. The van der Waals surface area contributed by atoms with E-state index in [4.69, 9.17) is 21.4 Å². The molecule has 0 fully saturated rings. The minimum atomic E-state index is -0.430. The van der Waals surface area contributed by atoms with E-state index in [1.807, 2.05) is 0 Å². The number of halogens is 2. The molecule has 2 aromatic rings. The van der Waals surface area contributed by atoms with Crippen LogP contribution in [0.1, 0.15) is 11.3 Å². The zero-order chi connectivity index (χ0) is 13.1. The van der Waals surface area contributed by atoms with Gasteiger partial charge < -0.3 is 9.84 Å². The maximum atomic E-state index is 12.9. The van der Waals surface area contributed by atoms with Crippen LogP contribution in [-0.2, 0) is 6.61 Å². The lowest BCUT2D eigenvalue weighted by molar-refractivity contribution is 0.281. The topological polar surface area (TPSA) is 42.4 Å². The lowest BCUT2D eigenvalue weighted by Gasteiger charge is -2.08. The quantitative estimate of drug-likeness (QED) is 0.926. The van der Waals surface area contributed by atoms with Gasteiger partial charge in [-0.25, -0.2) is 9.37 Å². The summed E-state index contributed by atoms with van der Waals surface area (Å²) in [6.45, 7) is 1.69. The Morgan fingerprint density at radius 1 is 1.33 bits per heavy atom. The van der Waals surface area contributed by atoms with E-state index in [1.54, 1.807) is 19.1 Å². The summed E-state index contributed by atoms with van der Waals surface area (Å²) in [5.74, 6) is 0.202. The summed E-state index contributed by atoms with van der Waals surface area (Å²) in [5, 5.41) is 9.25. The number of nitrogens with zero attached hydrogens (tertiary/aromatic N) is 1. The maximum Gasteiger partial charge on any atom is 0.219 e. The minimum absolute atomic E-state index is 0.100. The highest BCUT2D eigenvalue weighted by Gasteiger charge is 2.07. The summed E-state index contributed by atoms with van der Waals surface area (Å²) < 4.78 is 18.3. The van der Waals surface area contributed by atoms with E-state index in [0.29, 0.717) is 17.2 Å². The lowest BCUT2D eigenvalue weighted by atomic mass is 10.2. The predicted octanol–water partition coefficient (Wildman–Crippen LogP) is 3.47. The van der Waals surface area contributed by atoms with Crippen molar-refractivity contribution in [1.29, 1.82) is 0 Å². The second kappa shape index (κ2) is 5.33. The average molecular weight is 268 g/mol. The smallest absolute Gasteiger partial charge is 0.219 e. The summed E-state index contributed by atoms with van der Waals surface area (Å²) in [6, 6.07) is 7.20. The van der Waals surface area contributed by atoms with E-state index in [9.17, 15) is 4.39 Å². The van der Waals surface area contributed by atoms with Crippen LogP contribution < -0.4 is 4.74 Å². The van der Waals surface area contributed by atoms with Gasteiger partial charge in [0.15, 0.2) is 0 Å². The third-order valence-corrected chi connectivity index (χ3v) is 2.58. The zero-order valence-corrected chi connectivity index (χ0v) is 10.4. The van der Waals surface area contributed by atoms with Crippen molar-refractivity contribution >= 4 is 11.6 Å². The van der Waals surface area contributed by atoms with E-state index in [1.165, 1.54) is 18.2 Å². The Hall–Kier alpha value is -1.65. The summed E-state index contributed by atoms with van der Waals surface area (Å²) in [4.78, 5) is 4.15. The number of aliphatic hydroxyl groups is 1. The number of rotatable bonds is 3. The second-order valence-corrected chi connectivity index (χ2v) is 4.20. The van der Waals surface area contributed by atoms with Crippen molar-refractivity contribution < 1.29 is 14.2 Å². The van der Waals surface area contributed by atoms with Crippen LogP contribution in [-0.4, -0.2) is 10.1 Å². The second-order valence-electron chi connectivity index (χ2n) is 3.79. The van der Waals surface area contributed by atoms with Crippen LogP contribution in [0.5, 0.6) is 11.6 Å². The molecule has 0 aliphatic rings. The van der Waals surface area contributed by atoms with Gasteiger partial charge in [-0.1, -0.05) is 11.6 Å². The van der Waals surface area contributed by atoms with Crippen molar-refractivity contribution in [2.24, 2.45) is 0 Å². The first-order chi connectivity index (χ1) is 8.58. The summed E-state index contributed by atoms with van der Waals surface area (Å²) in [5.41, 5.74) is 1.41. The molecular formula is C13H11ClFNO2. The molecule has 1 aromatic carbocycles. The first-order valence-corrected chi connectivity index (χ1v) is 5.67. The molecule has 0 unspecified atom stereocenters. The molecule has 0 saturated heterocycles. The SMILES string of the molecule is Cc1cc(CO)cc(Oc2ccc(F)cc2Cl)n1. The van der Waals surface area contributed by atoms with Crippen molar-refractivity contribution in [2.45, 2.75) is 13.5 Å². The van der Waals surface area contributed by atoms with Crippen LogP contribution in [0.25, 0.3) is 0 Å². The van der Waals surface area contributed by atoms with E-state index in [-0.39, 0.29) is 11.6 Å². The number of hydrogen-bond donors (Lipinski definition) is 1. The molecule has 2 rings (SSSR count). The third kappa shape index (κ3) is 2.97. The number of pyridine rings is 1. The van der Waals surface area contributed by atoms with Crippen LogP contribution in [0.3, 0.4) is 0 Å². The van der Waals surface area contributed by atoms with E-state index in [2.05, 4.69) is 4.98 Å². The van der Waals surface area contributed by atoms with Crippen molar-refractivity contribution in [1.82, 2.24) is 4.98 Å². The van der Waals surface area contributed by atoms with Crippen molar-refractivity contribution in [3.63, 3.8) is 0 Å². The van der Waals surface area contributed by atoms with Gasteiger partial charge >= 0.3 is 0 Å². The molecule has 94 valence electrons. The molecule has 3 nitrogen and oxygen atoms in total. The average Bonchev–Trinajstić information content (AvgIpc) is 2.32. The van der Waals surface area contributed by atoms with Crippen molar-refractivity contribution in [2.75, 3.05) is 0 Å². The number of aliphatic hydroxyl groups excluding tert-OH is 1. The normalized spacial score (nSPS) is 10.4. The van der Waals surface area contributed by atoms with E-state index in [0.717, 1.165) is 5.69 Å². The van der Waals surface area contributed by atoms with Crippen molar-refractivity contribution in [3.8, 4) is 11.6 Å². The molecule has 0 atom stereocenters. The maximum absolute atomic E-state index is 12.9. The molecule has 0 spiro atoms. The predicted molar refractivity (Wildman–Crippen MR) is 66.4 cm³/mol. The Kier molecular flexibility index (Phi) is 3.79. The van der Waals surface area contributed by atoms with Crippen LogP contribution in [0.15, 0.2) is 30.3 Å². The van der Waals surface area contributed by atoms with E-state index >= 15 is 0 Å². The van der Waals surface area contributed by atoms with Gasteiger partial charge in [-0.2, -0.15) is 0 Å². The Morgan fingerprint density at radius 2 is 2.11 bits per heavy atom. The molecule has 0 bridgehead atoms. The van der Waals surface area contributed by atoms with Gasteiger partial charge in [0.05, 0.1) is 11.6 Å². The monoisotopic (exact) mass is 267 g/mol. The van der Waals surface area contributed by atoms with Crippen molar-refractivity contribution in [3.05, 3.63) is 52.4 Å². The molecular weight excluding hydrogens is 257 g/mol. The molecule has 1 heterocycles. The fraction of sp³-hybridized carbons (Fsp3) is 0.154.